The van der Waals surface area contributed by atoms with Gasteiger partial charge >= 0.3 is 64.1 Å². The second-order valence-corrected chi connectivity index (χ2v) is 14.6. The summed E-state index contributed by atoms with van der Waals surface area (Å²) < 4.78 is 0. The average Bonchev–Trinajstić information content (AvgIpc) is 3.55. The molecule has 0 spiro atoms. The van der Waals surface area contributed by atoms with E-state index in [0.717, 1.165) is 6.42 Å². The predicted octanol–water partition coefficient (Wildman–Crippen LogP) is 6.29. The Morgan fingerprint density at radius 3 is 1.22 bits per heavy atom. The predicted molar refractivity (Wildman–Crippen MR) is 171 cm³/mol. The van der Waals surface area contributed by atoms with Crippen molar-refractivity contribution in [1.29, 1.82) is 0 Å². The van der Waals surface area contributed by atoms with Crippen LogP contribution in [0.25, 0.3) is 0 Å². The van der Waals surface area contributed by atoms with Crippen LogP contribution in [-0.2, 0) is 47.1 Å². The number of halogens is 4. The second kappa shape index (κ2) is 23.2. The van der Waals surface area contributed by atoms with Gasteiger partial charge in [0, 0.05) is 11.8 Å². The summed E-state index contributed by atoms with van der Waals surface area (Å²) in [6, 6.07) is 0. The molecule has 0 saturated heterocycles. The molecule has 0 aromatic carbocycles. The van der Waals surface area contributed by atoms with E-state index in [9.17, 15) is 0 Å². The van der Waals surface area contributed by atoms with Crippen molar-refractivity contribution < 1.29 is 71.9 Å². The van der Waals surface area contributed by atoms with Gasteiger partial charge in [0.1, 0.15) is 0 Å². The van der Waals surface area contributed by atoms with Crippen LogP contribution in [0.5, 0.6) is 0 Å². The van der Waals surface area contributed by atoms with E-state index in [1.807, 2.05) is 12.2 Å². The van der Waals surface area contributed by atoms with Gasteiger partial charge in [-0.05, 0) is 75.0 Å². The molecule has 0 aliphatic heterocycles. The van der Waals surface area contributed by atoms with Crippen molar-refractivity contribution >= 4 is 17.0 Å². The van der Waals surface area contributed by atoms with Crippen molar-refractivity contribution in [3.8, 4) is 0 Å². The molecule has 4 rings (SSSR count). The fourth-order valence-corrected chi connectivity index (χ4v) is 5.34. The van der Waals surface area contributed by atoms with Gasteiger partial charge in [-0.2, -0.15) is 17.2 Å². The zero-order chi connectivity index (χ0) is 28.0. The van der Waals surface area contributed by atoms with Gasteiger partial charge < -0.3 is 39.7 Å². The minimum absolute atomic E-state index is 0. The van der Waals surface area contributed by atoms with Crippen LogP contribution in [0, 0.1) is 44.3 Å². The van der Waals surface area contributed by atoms with E-state index in [0.29, 0.717) is 11.8 Å². The molecule has 2 atom stereocenters. The first-order chi connectivity index (χ1) is 16.6. The zero-order valence-electron chi connectivity index (χ0n) is 28.1. The molecule has 4 aliphatic carbocycles. The second-order valence-electron chi connectivity index (χ2n) is 10.8. The van der Waals surface area contributed by atoms with Crippen LogP contribution in [0.4, 0.5) is 0 Å². The van der Waals surface area contributed by atoms with Crippen LogP contribution < -0.4 is 24.8 Å². The van der Waals surface area contributed by atoms with Crippen LogP contribution in [0.2, 0.25) is 0 Å². The normalized spacial score (nSPS) is 21.1. The van der Waals surface area contributed by atoms with Gasteiger partial charge in [-0.15, -0.1) is 13.3 Å². The number of hydrogen-bond donors (Lipinski definition) is 0. The Morgan fingerprint density at radius 2 is 1.10 bits per heavy atom. The molecule has 0 heterocycles. The Kier molecular flexibility index (Phi) is 29.1. The summed E-state index contributed by atoms with van der Waals surface area (Å²) in [6.45, 7) is 29.4. The van der Waals surface area contributed by atoms with Crippen molar-refractivity contribution in [1.82, 2.24) is 0 Å². The van der Waals surface area contributed by atoms with E-state index in [1.54, 1.807) is 22.3 Å². The van der Waals surface area contributed by atoms with E-state index in [1.165, 1.54) is 39.0 Å². The maximum Gasteiger partial charge on any atom is 3.00 e. The van der Waals surface area contributed by atoms with Crippen molar-refractivity contribution in [2.75, 3.05) is 0 Å². The van der Waals surface area contributed by atoms with Gasteiger partial charge in [0.2, 0.25) is 0 Å². The van der Waals surface area contributed by atoms with E-state index in [-0.39, 0.29) is 71.3 Å². The Hall–Kier alpha value is 0.846. The summed E-state index contributed by atoms with van der Waals surface area (Å²) in [7, 11) is 9.87. The van der Waals surface area contributed by atoms with Gasteiger partial charge in [0.05, 0.1) is 0 Å². The Balaban J connectivity index is -0.000000161. The molecule has 2 unspecified atom stereocenters. The standard InChI is InChI=1S/C18H26.C10H15.C5H5.2CH3.4ClH.2Zr/c1-9-10(2)14(6)17(13(9)5)18-15(7)11(3)12(4)16(18)8;1-7-6-10(4,5)9(3)8(7)2;1-2-4-5-3-1;;;;;;;;/h13,15H,1-8H3;1-5H3;1-3H,4H2;2*1H3;4*1H;;/q;4*-1;;;;;+2;+3/p-4. The smallest absolute Gasteiger partial charge is 3.00 e. The van der Waals surface area contributed by atoms with Crippen LogP contribution in [0.3, 0.4) is 0 Å². The summed E-state index contributed by atoms with van der Waals surface area (Å²) in [4.78, 5) is 0. The van der Waals surface area contributed by atoms with Crippen molar-refractivity contribution in [2.24, 2.45) is 17.3 Å². The van der Waals surface area contributed by atoms with Crippen LogP contribution >= 0.6 is 17.0 Å². The summed E-state index contributed by atoms with van der Waals surface area (Å²) in [5.41, 5.74) is 16.8. The largest absolute Gasteiger partial charge is 3.00 e. The van der Waals surface area contributed by atoms with Crippen LogP contribution in [-0.4, -0.2) is 0 Å². The quantitative estimate of drug-likeness (QED) is 0.274. The molecule has 0 fully saturated rings. The average molecular weight is 797 g/mol. The van der Waals surface area contributed by atoms with Gasteiger partial charge in [-0.3, -0.25) is 12.2 Å². The molecule has 0 aromatic heterocycles. The molecule has 0 nitrogen and oxygen atoms in total. The summed E-state index contributed by atoms with van der Waals surface area (Å²) in [6.07, 6.45) is 13.4. The first-order valence-corrected chi connectivity index (χ1v) is 19.2. The molecule has 0 saturated carbocycles. The van der Waals surface area contributed by atoms with E-state index < -0.39 is 20.8 Å². The summed E-state index contributed by atoms with van der Waals surface area (Å²) >= 11 is -0.826. The molecule has 231 valence electrons. The maximum absolute atomic E-state index is 4.93. The third-order valence-corrected chi connectivity index (χ3v) is 8.72. The molecular formula is C35H52Cl4Zr2-3. The SMILES string of the molecule is CC1=C(C)C(C)C(C2=C(C)C(C)=C(C)C2C)=C1C.CC1=[C-]C(C)(C)C(C)=C1C.[C-]1=CC=CC1.[CH3-].[CH3-].[Cl-].[Cl-].[Cl][Zr][Cl].[Zr+3]. The van der Waals surface area contributed by atoms with Gasteiger partial charge in [-0.25, -0.2) is 17.7 Å². The zero-order valence-corrected chi connectivity index (χ0v) is 36.0. The Morgan fingerprint density at radius 1 is 0.732 bits per heavy atom. The monoisotopic (exact) mass is 792 g/mol. The van der Waals surface area contributed by atoms with Crippen LogP contribution in [0.1, 0.15) is 96.4 Å². The third-order valence-electron chi connectivity index (χ3n) is 8.72. The van der Waals surface area contributed by atoms with E-state index in [2.05, 4.69) is 108 Å². The van der Waals surface area contributed by atoms with Crippen molar-refractivity contribution in [3.05, 3.63) is 107 Å². The number of rotatable bonds is 1. The molecule has 0 amide bonds. The van der Waals surface area contributed by atoms with Crippen molar-refractivity contribution in [3.63, 3.8) is 0 Å². The van der Waals surface area contributed by atoms with Crippen molar-refractivity contribution in [2.45, 2.75) is 96.4 Å². The molecule has 0 N–H and O–H groups in total. The molecule has 6 heteroatoms. The van der Waals surface area contributed by atoms with Crippen LogP contribution in [0.15, 0.2) is 79.5 Å². The third kappa shape index (κ3) is 13.0. The minimum Gasteiger partial charge on any atom is 3.00 e. The molecule has 41 heavy (non-hydrogen) atoms. The van der Waals surface area contributed by atoms with E-state index >= 15 is 0 Å². The molecule has 0 bridgehead atoms. The number of hydrogen-bond acceptors (Lipinski definition) is 0. The van der Waals surface area contributed by atoms with Gasteiger partial charge in [0.15, 0.2) is 0 Å². The summed E-state index contributed by atoms with van der Waals surface area (Å²) in [5, 5.41) is 0. The van der Waals surface area contributed by atoms with Gasteiger partial charge in [-0.1, -0.05) is 58.1 Å². The fraction of sp³-hybridized carbons (Fsp3) is 0.486. The molecule has 4 aliphatic rings. The fourth-order valence-electron chi connectivity index (χ4n) is 5.34. The summed E-state index contributed by atoms with van der Waals surface area (Å²) in [5.74, 6) is 1.19. The molecular weight excluding hydrogens is 745 g/mol. The first kappa shape index (κ1) is 51.4. The maximum atomic E-state index is 4.93. The molecule has 0 aromatic rings. The van der Waals surface area contributed by atoms with E-state index in [4.69, 9.17) is 17.0 Å². The Labute approximate surface area is 306 Å². The number of allylic oxidation sites excluding steroid dienone is 16. The topological polar surface area (TPSA) is 0 Å². The first-order valence-electron chi connectivity index (χ1n) is 12.9. The molecule has 1 radical (unpaired) electrons. The Bertz CT molecular complexity index is 1030. The minimum atomic E-state index is -0.826. The van der Waals surface area contributed by atoms with Gasteiger partial charge in [0.25, 0.3) is 0 Å².